The van der Waals surface area contributed by atoms with Gasteiger partial charge in [-0.1, -0.05) is 6.92 Å². The minimum atomic E-state index is -4.53. The first-order valence-electron chi connectivity index (χ1n) is 6.16. The molecule has 4 nitrogen and oxygen atoms in total. The van der Waals surface area contributed by atoms with Gasteiger partial charge in [-0.15, -0.1) is 0 Å². The molecule has 2 rings (SSSR count). The zero-order valence-electron chi connectivity index (χ0n) is 10.8. The predicted molar refractivity (Wildman–Crippen MR) is 65.8 cm³/mol. The molecule has 0 aromatic carbocycles. The lowest BCUT2D eigenvalue weighted by molar-refractivity contribution is -0.139. The van der Waals surface area contributed by atoms with Crippen LogP contribution < -0.4 is 0 Å². The van der Waals surface area contributed by atoms with Gasteiger partial charge in [-0.3, -0.25) is 9.67 Å². The Hall–Kier alpha value is -1.89. The summed E-state index contributed by atoms with van der Waals surface area (Å²) >= 11 is 0. The number of aliphatic hydroxyl groups is 1. The molecule has 20 heavy (non-hydrogen) atoms. The average Bonchev–Trinajstić information content (AvgIpc) is 2.85. The summed E-state index contributed by atoms with van der Waals surface area (Å²) in [6.45, 7) is 2.45. The van der Waals surface area contributed by atoms with Crippen LogP contribution >= 0.6 is 0 Å². The minimum Gasteiger partial charge on any atom is -0.382 e. The van der Waals surface area contributed by atoms with Crippen LogP contribution in [0, 0.1) is 0 Å². The second kappa shape index (κ2) is 5.62. The summed E-state index contributed by atoms with van der Waals surface area (Å²) in [5.74, 6) is 0. The Morgan fingerprint density at radius 2 is 2.05 bits per heavy atom. The van der Waals surface area contributed by atoms with Gasteiger partial charge in [0.2, 0.25) is 0 Å². The van der Waals surface area contributed by atoms with Gasteiger partial charge in [-0.25, -0.2) is 0 Å². The number of aromatic nitrogens is 3. The summed E-state index contributed by atoms with van der Waals surface area (Å²) in [5.41, 5.74) is -0.826. The van der Waals surface area contributed by atoms with Crippen LogP contribution in [0.3, 0.4) is 0 Å². The zero-order valence-corrected chi connectivity index (χ0v) is 10.8. The maximum Gasteiger partial charge on any atom is 0.416 e. The molecule has 2 aromatic heterocycles. The fourth-order valence-electron chi connectivity index (χ4n) is 2.02. The molecular formula is C13H14F3N3O. The molecule has 2 aromatic rings. The topological polar surface area (TPSA) is 50.9 Å². The van der Waals surface area contributed by atoms with Gasteiger partial charge < -0.3 is 5.11 Å². The molecule has 0 bridgehead atoms. The summed E-state index contributed by atoms with van der Waals surface area (Å²) < 4.78 is 40.3. The number of pyridine rings is 1. The van der Waals surface area contributed by atoms with Crippen molar-refractivity contribution in [1.82, 2.24) is 14.8 Å². The number of aryl methyl sites for hydroxylation is 1. The van der Waals surface area contributed by atoms with E-state index in [2.05, 4.69) is 10.1 Å². The molecule has 0 aliphatic heterocycles. The Bertz CT molecular complexity index is 580. The van der Waals surface area contributed by atoms with Crippen molar-refractivity contribution >= 4 is 0 Å². The maximum atomic E-state index is 12.9. The first-order valence-corrected chi connectivity index (χ1v) is 6.16. The number of hydrogen-bond donors (Lipinski definition) is 1. The third-order valence-electron chi connectivity index (χ3n) is 2.92. The van der Waals surface area contributed by atoms with Crippen molar-refractivity contribution in [3.05, 3.63) is 47.5 Å². The summed E-state index contributed by atoms with van der Waals surface area (Å²) in [4.78, 5) is 3.68. The maximum absolute atomic E-state index is 12.9. The largest absolute Gasteiger partial charge is 0.416 e. The molecule has 0 spiro atoms. The van der Waals surface area contributed by atoms with Crippen LogP contribution in [0.15, 0.2) is 30.7 Å². The number of alkyl halides is 3. The first kappa shape index (κ1) is 14.5. The predicted octanol–water partition coefficient (Wildman–Crippen LogP) is 2.79. The van der Waals surface area contributed by atoms with E-state index in [0.29, 0.717) is 12.2 Å². The summed E-state index contributed by atoms with van der Waals surface area (Å²) in [6, 6.07) is 2.37. The van der Waals surface area contributed by atoms with Crippen molar-refractivity contribution < 1.29 is 18.3 Å². The number of aliphatic hydroxyl groups excluding tert-OH is 1. The second-order valence-electron chi connectivity index (χ2n) is 4.34. The molecule has 2 heterocycles. The molecule has 1 atom stereocenters. The van der Waals surface area contributed by atoms with Gasteiger partial charge in [0.05, 0.1) is 11.3 Å². The van der Waals surface area contributed by atoms with Crippen molar-refractivity contribution in [2.75, 3.05) is 0 Å². The van der Waals surface area contributed by atoms with Crippen molar-refractivity contribution in [3.8, 4) is 0 Å². The summed E-state index contributed by atoms with van der Waals surface area (Å²) in [5, 5.41) is 14.2. The van der Waals surface area contributed by atoms with Gasteiger partial charge in [0.1, 0.15) is 6.10 Å². The molecule has 0 aliphatic carbocycles. The van der Waals surface area contributed by atoms with E-state index in [-0.39, 0.29) is 5.56 Å². The molecular weight excluding hydrogens is 271 g/mol. The number of halogens is 3. The van der Waals surface area contributed by atoms with Crippen molar-refractivity contribution in [1.29, 1.82) is 0 Å². The smallest absolute Gasteiger partial charge is 0.382 e. The Balaban J connectivity index is 2.43. The van der Waals surface area contributed by atoms with Crippen LogP contribution in [0.2, 0.25) is 0 Å². The van der Waals surface area contributed by atoms with Crippen LogP contribution in [-0.2, 0) is 12.7 Å². The molecule has 1 unspecified atom stereocenters. The van der Waals surface area contributed by atoms with E-state index in [1.807, 2.05) is 6.92 Å². The Kier molecular flexibility index (Phi) is 4.08. The van der Waals surface area contributed by atoms with Gasteiger partial charge in [0.25, 0.3) is 0 Å². The molecule has 0 amide bonds. The zero-order chi connectivity index (χ0) is 14.8. The van der Waals surface area contributed by atoms with Crippen molar-refractivity contribution in [2.24, 2.45) is 0 Å². The molecule has 0 aliphatic rings. The fraction of sp³-hybridized carbons (Fsp3) is 0.385. The molecule has 1 N–H and O–H groups in total. The van der Waals surface area contributed by atoms with E-state index in [1.54, 1.807) is 0 Å². The SMILES string of the molecule is CCCn1nccc1C(O)c1cnccc1C(F)(F)F. The molecule has 0 saturated carbocycles. The van der Waals surface area contributed by atoms with Gasteiger partial charge in [0.15, 0.2) is 0 Å². The lowest BCUT2D eigenvalue weighted by Gasteiger charge is -2.18. The highest BCUT2D eigenvalue weighted by Crippen LogP contribution is 2.35. The van der Waals surface area contributed by atoms with Gasteiger partial charge in [-0.2, -0.15) is 18.3 Å². The van der Waals surface area contributed by atoms with E-state index >= 15 is 0 Å². The van der Waals surface area contributed by atoms with E-state index < -0.39 is 17.8 Å². The Morgan fingerprint density at radius 1 is 1.30 bits per heavy atom. The summed E-state index contributed by atoms with van der Waals surface area (Å²) in [7, 11) is 0. The summed E-state index contributed by atoms with van der Waals surface area (Å²) in [6.07, 6.45) is -1.62. The van der Waals surface area contributed by atoms with Gasteiger partial charge >= 0.3 is 6.18 Å². The highest BCUT2D eigenvalue weighted by atomic mass is 19.4. The Morgan fingerprint density at radius 3 is 2.70 bits per heavy atom. The van der Waals surface area contributed by atoms with Crippen LogP contribution in [0.5, 0.6) is 0 Å². The lowest BCUT2D eigenvalue weighted by Crippen LogP contribution is -2.16. The van der Waals surface area contributed by atoms with Crippen LogP contribution in [0.4, 0.5) is 13.2 Å². The monoisotopic (exact) mass is 285 g/mol. The van der Waals surface area contributed by atoms with E-state index in [4.69, 9.17) is 0 Å². The van der Waals surface area contributed by atoms with Crippen LogP contribution in [-0.4, -0.2) is 19.9 Å². The fourth-order valence-corrected chi connectivity index (χ4v) is 2.02. The van der Waals surface area contributed by atoms with Gasteiger partial charge in [0, 0.05) is 30.7 Å². The minimum absolute atomic E-state index is 0.266. The molecule has 0 saturated heterocycles. The first-order chi connectivity index (χ1) is 9.45. The standard InChI is InChI=1S/C13H14F3N3O/c1-2-7-19-11(4-6-18-19)12(20)9-8-17-5-3-10(9)13(14,15)16/h3-6,8,12,20H,2,7H2,1H3. The van der Waals surface area contributed by atoms with E-state index in [0.717, 1.165) is 24.9 Å². The van der Waals surface area contributed by atoms with Crippen molar-refractivity contribution in [3.63, 3.8) is 0 Å². The normalized spacial score (nSPS) is 13.4. The van der Waals surface area contributed by atoms with E-state index in [9.17, 15) is 18.3 Å². The quantitative estimate of drug-likeness (QED) is 0.939. The highest BCUT2D eigenvalue weighted by molar-refractivity contribution is 5.33. The number of hydrogen-bond acceptors (Lipinski definition) is 3. The average molecular weight is 285 g/mol. The van der Waals surface area contributed by atoms with Crippen LogP contribution in [0.1, 0.15) is 36.3 Å². The van der Waals surface area contributed by atoms with Gasteiger partial charge in [-0.05, 0) is 18.6 Å². The third-order valence-corrected chi connectivity index (χ3v) is 2.92. The van der Waals surface area contributed by atoms with Crippen LogP contribution in [0.25, 0.3) is 0 Å². The highest BCUT2D eigenvalue weighted by Gasteiger charge is 2.35. The number of nitrogens with zero attached hydrogens (tertiary/aromatic N) is 3. The second-order valence-corrected chi connectivity index (χ2v) is 4.34. The molecule has 7 heteroatoms. The van der Waals surface area contributed by atoms with E-state index in [1.165, 1.54) is 16.9 Å². The number of rotatable bonds is 4. The lowest BCUT2D eigenvalue weighted by atomic mass is 10.0. The molecule has 108 valence electrons. The molecule has 0 fully saturated rings. The molecule has 0 radical (unpaired) electrons. The Labute approximate surface area is 113 Å². The van der Waals surface area contributed by atoms with Crippen molar-refractivity contribution in [2.45, 2.75) is 32.2 Å². The third kappa shape index (κ3) is 2.82.